The Hall–Kier alpha value is -3.33. The number of nitrogens with one attached hydrogen (secondary N) is 1. The molecule has 2 bridgehead atoms. The summed E-state index contributed by atoms with van der Waals surface area (Å²) in [5.41, 5.74) is 0.216. The fourth-order valence-corrected chi connectivity index (χ4v) is 4.96. The SMILES string of the molecule is COc1ccc(CCNC(=O)C2C3C=CC4(CN(c5cc(C)on5)C(=O)C24)O3)cc1OC. The summed E-state index contributed by atoms with van der Waals surface area (Å²) in [6.07, 6.45) is 4.03. The van der Waals surface area contributed by atoms with Crippen LogP contribution in [-0.2, 0) is 20.7 Å². The number of carbonyl (C=O) groups is 2. The van der Waals surface area contributed by atoms with Gasteiger partial charge in [0, 0.05) is 12.6 Å². The van der Waals surface area contributed by atoms with Gasteiger partial charge in [-0.05, 0) is 31.0 Å². The minimum atomic E-state index is -0.792. The fraction of sp³-hybridized carbons (Fsp3) is 0.435. The second-order valence-electron chi connectivity index (χ2n) is 8.35. The molecule has 2 saturated heterocycles. The number of amides is 2. The van der Waals surface area contributed by atoms with Crippen LogP contribution in [0.3, 0.4) is 0 Å². The highest BCUT2D eigenvalue weighted by Crippen LogP contribution is 2.52. The van der Waals surface area contributed by atoms with Gasteiger partial charge in [-0.3, -0.25) is 14.5 Å². The molecule has 3 aliphatic rings. The molecule has 0 saturated carbocycles. The van der Waals surface area contributed by atoms with Crippen molar-refractivity contribution in [3.05, 3.63) is 47.7 Å². The minimum Gasteiger partial charge on any atom is -0.493 e. The van der Waals surface area contributed by atoms with Crippen molar-refractivity contribution in [2.75, 3.05) is 32.2 Å². The number of rotatable bonds is 7. The van der Waals surface area contributed by atoms with Crippen molar-refractivity contribution in [1.82, 2.24) is 10.5 Å². The van der Waals surface area contributed by atoms with Crippen molar-refractivity contribution in [2.45, 2.75) is 25.0 Å². The maximum Gasteiger partial charge on any atom is 0.235 e. The van der Waals surface area contributed by atoms with Crippen LogP contribution in [0.5, 0.6) is 11.5 Å². The van der Waals surface area contributed by atoms with Gasteiger partial charge >= 0.3 is 0 Å². The van der Waals surface area contributed by atoms with Crippen molar-refractivity contribution in [3.8, 4) is 11.5 Å². The summed E-state index contributed by atoms with van der Waals surface area (Å²) in [5, 5.41) is 6.95. The lowest BCUT2D eigenvalue weighted by Gasteiger charge is -2.23. The van der Waals surface area contributed by atoms with E-state index in [-0.39, 0.29) is 11.8 Å². The number of aryl methyl sites for hydroxylation is 1. The number of hydrogen-bond acceptors (Lipinski definition) is 7. The van der Waals surface area contributed by atoms with Crippen LogP contribution in [0.25, 0.3) is 0 Å². The summed E-state index contributed by atoms with van der Waals surface area (Å²) in [6, 6.07) is 7.38. The van der Waals surface area contributed by atoms with Crippen LogP contribution in [0, 0.1) is 18.8 Å². The van der Waals surface area contributed by atoms with Crippen LogP contribution in [0.2, 0.25) is 0 Å². The van der Waals surface area contributed by atoms with Gasteiger partial charge in [0.25, 0.3) is 0 Å². The van der Waals surface area contributed by atoms with Crippen molar-refractivity contribution in [2.24, 2.45) is 11.8 Å². The van der Waals surface area contributed by atoms with Gasteiger partial charge in [0.1, 0.15) is 11.4 Å². The Labute approximate surface area is 185 Å². The first-order valence-electron chi connectivity index (χ1n) is 10.6. The van der Waals surface area contributed by atoms with E-state index in [1.165, 1.54) is 0 Å². The van der Waals surface area contributed by atoms with Gasteiger partial charge in [-0.2, -0.15) is 0 Å². The largest absolute Gasteiger partial charge is 0.493 e. The van der Waals surface area contributed by atoms with E-state index in [0.29, 0.717) is 42.6 Å². The Morgan fingerprint density at radius 1 is 1.28 bits per heavy atom. The summed E-state index contributed by atoms with van der Waals surface area (Å²) in [7, 11) is 3.18. The summed E-state index contributed by atoms with van der Waals surface area (Å²) in [6.45, 7) is 2.53. The predicted octanol–water partition coefficient (Wildman–Crippen LogP) is 1.65. The van der Waals surface area contributed by atoms with Crippen LogP contribution in [0.1, 0.15) is 11.3 Å². The van der Waals surface area contributed by atoms with E-state index in [0.717, 1.165) is 5.56 Å². The molecule has 2 amide bonds. The van der Waals surface area contributed by atoms with E-state index < -0.39 is 23.5 Å². The number of ether oxygens (including phenoxy) is 3. The van der Waals surface area contributed by atoms with Gasteiger partial charge < -0.3 is 24.1 Å². The molecule has 9 nitrogen and oxygen atoms in total. The van der Waals surface area contributed by atoms with E-state index >= 15 is 0 Å². The number of benzene rings is 1. The Bertz CT molecular complexity index is 1100. The Balaban J connectivity index is 1.27. The van der Waals surface area contributed by atoms with Gasteiger partial charge in [0.15, 0.2) is 17.3 Å². The molecule has 0 aliphatic carbocycles. The van der Waals surface area contributed by atoms with E-state index in [2.05, 4.69) is 10.5 Å². The maximum atomic E-state index is 13.2. The average Bonchev–Trinajstić information content (AvgIpc) is 3.54. The zero-order valence-electron chi connectivity index (χ0n) is 18.2. The second kappa shape index (κ2) is 7.67. The topological polar surface area (TPSA) is 103 Å². The van der Waals surface area contributed by atoms with E-state index in [1.54, 1.807) is 32.1 Å². The highest BCUT2D eigenvalue weighted by Gasteiger charge is 2.67. The zero-order chi connectivity index (χ0) is 22.5. The zero-order valence-corrected chi connectivity index (χ0v) is 18.2. The third kappa shape index (κ3) is 3.15. The van der Waals surface area contributed by atoms with Gasteiger partial charge in [0.05, 0.1) is 38.7 Å². The van der Waals surface area contributed by atoms with Crippen LogP contribution >= 0.6 is 0 Å². The summed E-state index contributed by atoms with van der Waals surface area (Å²) < 4.78 is 21.9. The third-order valence-electron chi connectivity index (χ3n) is 6.46. The number of anilines is 1. The molecular weight excluding hydrogens is 414 g/mol. The van der Waals surface area contributed by atoms with Crippen LogP contribution < -0.4 is 19.7 Å². The number of carbonyl (C=O) groups excluding carboxylic acids is 2. The predicted molar refractivity (Wildman–Crippen MR) is 114 cm³/mol. The lowest BCUT2D eigenvalue weighted by atomic mass is 9.77. The molecule has 1 aromatic carbocycles. The molecule has 4 heterocycles. The van der Waals surface area contributed by atoms with Gasteiger partial charge in [-0.25, -0.2) is 0 Å². The molecule has 4 unspecified atom stereocenters. The quantitative estimate of drug-likeness (QED) is 0.655. The Morgan fingerprint density at radius 2 is 2.09 bits per heavy atom. The second-order valence-corrected chi connectivity index (χ2v) is 8.35. The van der Waals surface area contributed by atoms with Crippen molar-refractivity contribution in [1.29, 1.82) is 0 Å². The first-order chi connectivity index (χ1) is 15.5. The number of hydrogen-bond donors (Lipinski definition) is 1. The number of nitrogens with zero attached hydrogens (tertiary/aromatic N) is 2. The Morgan fingerprint density at radius 3 is 2.81 bits per heavy atom. The molecule has 1 spiro atoms. The molecule has 0 radical (unpaired) electrons. The fourth-order valence-electron chi connectivity index (χ4n) is 4.96. The van der Waals surface area contributed by atoms with Crippen molar-refractivity contribution >= 4 is 17.6 Å². The highest BCUT2D eigenvalue weighted by atomic mass is 16.5. The Kier molecular flexibility index (Phi) is 4.93. The monoisotopic (exact) mass is 439 g/mol. The molecule has 168 valence electrons. The number of methoxy groups -OCH3 is 2. The van der Waals surface area contributed by atoms with E-state index in [1.807, 2.05) is 30.4 Å². The summed E-state index contributed by atoms with van der Waals surface area (Å²) in [5.74, 6) is 0.875. The first kappa shape index (κ1) is 20.6. The standard InChI is InChI=1S/C23H25N3O6/c1-13-10-18(25-32-13)26-12-23-8-6-16(31-23)19(20(23)22(26)28)21(27)24-9-7-14-4-5-15(29-2)17(11-14)30-3/h4-6,8,10-11,16,19-20H,7,9,12H2,1-3H3,(H,24,27). The molecule has 5 rings (SSSR count). The third-order valence-corrected chi connectivity index (χ3v) is 6.46. The molecule has 2 fully saturated rings. The molecule has 9 heteroatoms. The molecular formula is C23H25N3O6. The summed E-state index contributed by atoms with van der Waals surface area (Å²) in [4.78, 5) is 27.9. The lowest BCUT2D eigenvalue weighted by Crippen LogP contribution is -2.44. The molecule has 3 aliphatic heterocycles. The molecule has 32 heavy (non-hydrogen) atoms. The van der Waals surface area contributed by atoms with Crippen molar-refractivity contribution < 1.29 is 28.3 Å². The molecule has 1 N–H and O–H groups in total. The number of fused-ring (bicyclic) bond motifs is 1. The number of aromatic nitrogens is 1. The normalized spacial score (nSPS) is 27.7. The van der Waals surface area contributed by atoms with E-state index in [4.69, 9.17) is 18.7 Å². The van der Waals surface area contributed by atoms with Crippen LogP contribution in [0.15, 0.2) is 40.9 Å². The molecule has 1 aromatic heterocycles. The first-order valence-corrected chi connectivity index (χ1v) is 10.6. The van der Waals surface area contributed by atoms with Crippen LogP contribution in [0.4, 0.5) is 5.82 Å². The smallest absolute Gasteiger partial charge is 0.235 e. The van der Waals surface area contributed by atoms with Crippen molar-refractivity contribution in [3.63, 3.8) is 0 Å². The van der Waals surface area contributed by atoms with Crippen LogP contribution in [-0.4, -0.2) is 56.0 Å². The summed E-state index contributed by atoms with van der Waals surface area (Å²) >= 11 is 0. The van der Waals surface area contributed by atoms with Gasteiger partial charge in [0.2, 0.25) is 11.8 Å². The van der Waals surface area contributed by atoms with Gasteiger partial charge in [-0.1, -0.05) is 23.4 Å². The minimum absolute atomic E-state index is 0.162. The lowest BCUT2D eigenvalue weighted by molar-refractivity contribution is -0.131. The highest BCUT2D eigenvalue weighted by molar-refractivity contribution is 6.02. The maximum absolute atomic E-state index is 13.2. The van der Waals surface area contributed by atoms with E-state index in [9.17, 15) is 9.59 Å². The van der Waals surface area contributed by atoms with Gasteiger partial charge in [-0.15, -0.1) is 0 Å². The molecule has 2 aromatic rings. The average molecular weight is 439 g/mol. The molecule has 4 atom stereocenters.